The van der Waals surface area contributed by atoms with Crippen LogP contribution in [0, 0.1) is 0 Å². The molecule has 0 aliphatic carbocycles. The number of nitrogens with zero attached hydrogens (tertiary/aromatic N) is 4. The van der Waals surface area contributed by atoms with Crippen LogP contribution in [0.3, 0.4) is 0 Å². The zero-order valence-electron chi connectivity index (χ0n) is 20.2. The molecule has 4 rings (SSSR count). The van der Waals surface area contributed by atoms with Crippen molar-refractivity contribution in [3.63, 3.8) is 0 Å². The second-order valence-corrected chi connectivity index (χ2v) is 8.95. The maximum atomic E-state index is 13.3. The summed E-state index contributed by atoms with van der Waals surface area (Å²) in [7, 11) is 3.65. The largest absolute Gasteiger partial charge is 0.380 e. The zero-order chi connectivity index (χ0) is 24.2. The van der Waals surface area contributed by atoms with Gasteiger partial charge in [-0.2, -0.15) is 0 Å². The van der Waals surface area contributed by atoms with Crippen molar-refractivity contribution in [1.29, 1.82) is 0 Å². The lowest BCUT2D eigenvalue weighted by Gasteiger charge is -2.38. The highest BCUT2D eigenvalue weighted by atomic mass is 16.2. The van der Waals surface area contributed by atoms with Gasteiger partial charge in [0.15, 0.2) is 5.82 Å². The Morgan fingerprint density at radius 3 is 2.62 bits per heavy atom. The molecule has 1 fully saturated rings. The van der Waals surface area contributed by atoms with Crippen molar-refractivity contribution in [3.8, 4) is 0 Å². The van der Waals surface area contributed by atoms with Gasteiger partial charge in [0.2, 0.25) is 0 Å². The summed E-state index contributed by atoms with van der Waals surface area (Å²) in [6.45, 7) is 5.60. The van der Waals surface area contributed by atoms with Gasteiger partial charge in [-0.15, -0.1) is 0 Å². The number of pyridine rings is 1. The van der Waals surface area contributed by atoms with Crippen LogP contribution in [0.2, 0.25) is 0 Å². The lowest BCUT2D eigenvalue weighted by atomic mass is 10.0. The van der Waals surface area contributed by atoms with Gasteiger partial charge in [0.25, 0.3) is 0 Å². The van der Waals surface area contributed by atoms with Crippen molar-refractivity contribution in [2.75, 3.05) is 42.7 Å². The van der Waals surface area contributed by atoms with E-state index in [9.17, 15) is 9.59 Å². The summed E-state index contributed by atoms with van der Waals surface area (Å²) in [4.78, 5) is 33.6. The second-order valence-electron chi connectivity index (χ2n) is 8.95. The van der Waals surface area contributed by atoms with Gasteiger partial charge in [-0.25, -0.2) is 14.6 Å². The lowest BCUT2D eigenvalue weighted by Crippen LogP contribution is -2.47. The number of hydrogen-bond donors (Lipinski definition) is 3. The maximum Gasteiger partial charge on any atom is 0.328 e. The molecule has 2 aromatic heterocycles. The van der Waals surface area contributed by atoms with Crippen LogP contribution in [0.25, 0.3) is 10.9 Å². The third kappa shape index (κ3) is 4.93. The number of benzene rings is 1. The molecule has 0 unspecified atom stereocenters. The van der Waals surface area contributed by atoms with Gasteiger partial charge >= 0.3 is 12.1 Å². The number of aromatic nitrogens is 2. The molecule has 3 N–H and O–H groups in total. The van der Waals surface area contributed by atoms with Gasteiger partial charge in [0.05, 0.1) is 11.2 Å². The highest BCUT2D eigenvalue weighted by Crippen LogP contribution is 2.28. The molecule has 3 heterocycles. The number of rotatable bonds is 5. The molecule has 1 aromatic carbocycles. The molecule has 180 valence electrons. The van der Waals surface area contributed by atoms with Gasteiger partial charge in [-0.1, -0.05) is 0 Å². The third-order valence-electron chi connectivity index (χ3n) is 6.23. The number of anilines is 3. The first-order valence-electron chi connectivity index (χ1n) is 11.7. The minimum atomic E-state index is -0.277. The highest BCUT2D eigenvalue weighted by molar-refractivity contribution is 5.96. The topological polar surface area (TPSA) is 94.5 Å². The Labute approximate surface area is 200 Å². The summed E-state index contributed by atoms with van der Waals surface area (Å²) in [5, 5.41) is 9.67. The van der Waals surface area contributed by atoms with E-state index in [0.29, 0.717) is 30.9 Å². The number of nitrogens with one attached hydrogen (secondary N) is 3. The van der Waals surface area contributed by atoms with Gasteiger partial charge in [0.1, 0.15) is 0 Å². The van der Waals surface area contributed by atoms with Crippen molar-refractivity contribution in [3.05, 3.63) is 48.8 Å². The van der Waals surface area contributed by atoms with E-state index in [2.05, 4.69) is 52.8 Å². The van der Waals surface area contributed by atoms with Crippen LogP contribution in [0.4, 0.5) is 26.8 Å². The fourth-order valence-electron chi connectivity index (χ4n) is 4.45. The van der Waals surface area contributed by atoms with E-state index in [1.54, 1.807) is 23.9 Å². The van der Waals surface area contributed by atoms with Gasteiger partial charge in [-0.05, 0) is 63.1 Å². The fraction of sp³-hybridized carbons (Fsp3) is 0.400. The van der Waals surface area contributed by atoms with Gasteiger partial charge in [-0.3, -0.25) is 4.57 Å². The quantitative estimate of drug-likeness (QED) is 0.528. The first-order valence-corrected chi connectivity index (χ1v) is 11.7. The van der Waals surface area contributed by atoms with Crippen LogP contribution >= 0.6 is 0 Å². The average molecular weight is 464 g/mol. The van der Waals surface area contributed by atoms with E-state index in [1.165, 1.54) is 0 Å². The first-order chi connectivity index (χ1) is 16.4. The summed E-state index contributed by atoms with van der Waals surface area (Å²) >= 11 is 0. The molecule has 0 spiro atoms. The predicted octanol–water partition coefficient (Wildman–Crippen LogP) is 4.18. The zero-order valence-corrected chi connectivity index (χ0v) is 20.2. The average Bonchev–Trinajstić information content (AvgIpc) is 3.26. The Morgan fingerprint density at radius 2 is 1.91 bits per heavy atom. The number of likely N-dealkylation sites (tertiary alicyclic amines) is 1. The molecule has 0 atom stereocenters. The minimum Gasteiger partial charge on any atom is -0.380 e. The summed E-state index contributed by atoms with van der Waals surface area (Å²) in [5.74, 6) is 0.943. The summed E-state index contributed by atoms with van der Waals surface area (Å²) in [5.41, 5.74) is 2.54. The number of hydrogen-bond acceptors (Lipinski definition) is 5. The smallest absolute Gasteiger partial charge is 0.328 e. The number of fused-ring (bicyclic) bond motifs is 1. The SMILES string of the molecule is CNC(=O)Nc1ccc2c(ccn2C(=O)N2CCC(N(C)c3ncccc3NC(C)C)CC2)c1. The maximum absolute atomic E-state index is 13.3. The predicted molar refractivity (Wildman–Crippen MR) is 137 cm³/mol. The van der Waals surface area contributed by atoms with Crippen molar-refractivity contribution >= 4 is 40.2 Å². The van der Waals surface area contributed by atoms with Crippen LogP contribution in [0.5, 0.6) is 0 Å². The van der Waals surface area contributed by atoms with E-state index >= 15 is 0 Å². The summed E-state index contributed by atoms with van der Waals surface area (Å²) in [6.07, 6.45) is 5.37. The Morgan fingerprint density at radius 1 is 1.15 bits per heavy atom. The van der Waals surface area contributed by atoms with Crippen LogP contribution in [0.15, 0.2) is 48.8 Å². The number of urea groups is 1. The van der Waals surface area contributed by atoms with Crippen molar-refractivity contribution in [2.45, 2.75) is 38.8 Å². The molecule has 1 saturated heterocycles. The first kappa shape index (κ1) is 23.4. The Bertz CT molecular complexity index is 1170. The van der Waals surface area contributed by atoms with Crippen LogP contribution in [0.1, 0.15) is 26.7 Å². The number of carbonyl (C=O) groups is 2. The highest BCUT2D eigenvalue weighted by Gasteiger charge is 2.28. The Hall–Kier alpha value is -3.75. The van der Waals surface area contributed by atoms with Crippen molar-refractivity contribution in [2.24, 2.45) is 0 Å². The summed E-state index contributed by atoms with van der Waals surface area (Å²) in [6, 6.07) is 11.8. The van der Waals surface area contributed by atoms with E-state index in [4.69, 9.17) is 0 Å². The second kappa shape index (κ2) is 10.0. The lowest BCUT2D eigenvalue weighted by molar-refractivity contribution is 0.183. The minimum absolute atomic E-state index is 0.0249. The molecule has 0 radical (unpaired) electrons. The van der Waals surface area contributed by atoms with Crippen LogP contribution in [-0.4, -0.2) is 65.8 Å². The van der Waals surface area contributed by atoms with Crippen LogP contribution < -0.4 is 20.9 Å². The number of amides is 3. The molecule has 9 nitrogen and oxygen atoms in total. The number of carbonyl (C=O) groups excluding carboxylic acids is 2. The molecule has 0 saturated carbocycles. The molecule has 1 aliphatic rings. The third-order valence-corrected chi connectivity index (χ3v) is 6.23. The summed E-state index contributed by atoms with van der Waals surface area (Å²) < 4.78 is 1.69. The van der Waals surface area contributed by atoms with Gasteiger partial charge < -0.3 is 25.8 Å². The molecule has 34 heavy (non-hydrogen) atoms. The van der Waals surface area contributed by atoms with Crippen LogP contribution in [-0.2, 0) is 0 Å². The number of piperidine rings is 1. The molecular formula is C25H33N7O2. The molecule has 3 aromatic rings. The molecule has 1 aliphatic heterocycles. The molecular weight excluding hydrogens is 430 g/mol. The Kier molecular flexibility index (Phi) is 6.90. The van der Waals surface area contributed by atoms with E-state index in [1.807, 2.05) is 35.4 Å². The monoisotopic (exact) mass is 463 g/mol. The van der Waals surface area contributed by atoms with Crippen molar-refractivity contribution in [1.82, 2.24) is 19.8 Å². The molecule has 9 heteroatoms. The van der Waals surface area contributed by atoms with E-state index in [-0.39, 0.29) is 12.1 Å². The van der Waals surface area contributed by atoms with E-state index in [0.717, 1.165) is 35.2 Å². The normalized spacial score (nSPS) is 14.3. The molecule has 3 amide bonds. The Balaban J connectivity index is 1.42. The molecule has 0 bridgehead atoms. The van der Waals surface area contributed by atoms with E-state index < -0.39 is 0 Å². The fourth-order valence-corrected chi connectivity index (χ4v) is 4.45. The standard InChI is InChI=1S/C25H33N7O2/c1-17(2)28-21-6-5-12-27-23(21)30(4)20-10-13-31(14-11-20)25(34)32-15-9-18-16-19(7-8-22(18)32)29-24(33)26-3/h5-9,12,15-17,20,28H,10-11,13-14H2,1-4H3,(H2,26,29,33). The van der Waals surface area contributed by atoms with Crippen molar-refractivity contribution < 1.29 is 9.59 Å². The van der Waals surface area contributed by atoms with Gasteiger partial charge in [0, 0.05) is 62.7 Å².